The Labute approximate surface area is 127 Å². The van der Waals surface area contributed by atoms with Gasteiger partial charge in [-0.15, -0.1) is 0 Å². The van der Waals surface area contributed by atoms with E-state index in [-0.39, 0.29) is 6.04 Å². The lowest BCUT2D eigenvalue weighted by molar-refractivity contribution is 0.136. The van der Waals surface area contributed by atoms with Crippen LogP contribution in [0.15, 0.2) is 48.5 Å². The Balaban J connectivity index is 1.87. The van der Waals surface area contributed by atoms with Crippen molar-refractivity contribution in [3.8, 4) is 0 Å². The van der Waals surface area contributed by atoms with Gasteiger partial charge >= 0.3 is 0 Å². The molecule has 21 heavy (non-hydrogen) atoms. The Bertz CT molecular complexity index is 565. The summed E-state index contributed by atoms with van der Waals surface area (Å²) in [5.74, 6) is 0. The number of benzene rings is 2. The van der Waals surface area contributed by atoms with Crippen LogP contribution in [0.4, 0.5) is 0 Å². The molecule has 0 fully saturated rings. The first-order chi connectivity index (χ1) is 10.1. The second-order valence-corrected chi connectivity index (χ2v) is 5.77. The van der Waals surface area contributed by atoms with Gasteiger partial charge in [0.05, 0.1) is 6.10 Å². The van der Waals surface area contributed by atoms with E-state index >= 15 is 0 Å². The normalized spacial score (nSPS) is 13.9. The van der Waals surface area contributed by atoms with Gasteiger partial charge in [-0.2, -0.15) is 0 Å². The number of hydrogen-bond acceptors (Lipinski definition) is 2. The molecule has 2 nitrogen and oxygen atoms in total. The lowest BCUT2D eigenvalue weighted by Crippen LogP contribution is -2.33. The van der Waals surface area contributed by atoms with E-state index < -0.39 is 6.10 Å². The Morgan fingerprint density at radius 3 is 2.38 bits per heavy atom. The summed E-state index contributed by atoms with van der Waals surface area (Å²) >= 11 is 0. The third kappa shape index (κ3) is 4.42. The Morgan fingerprint density at radius 2 is 1.71 bits per heavy atom. The van der Waals surface area contributed by atoms with Crippen molar-refractivity contribution in [3.05, 3.63) is 70.8 Å². The zero-order chi connectivity index (χ0) is 15.2. The fourth-order valence-electron chi connectivity index (χ4n) is 2.44. The van der Waals surface area contributed by atoms with Crippen LogP contribution in [0.1, 0.15) is 35.3 Å². The summed E-state index contributed by atoms with van der Waals surface area (Å²) in [6.45, 7) is 7.07. The maximum absolute atomic E-state index is 10.4. The standard InChI is InChI=1S/C19H25NO/c1-14-9-10-18(13-15(14)2)19(21)16(3)20-12-11-17-7-5-4-6-8-17/h4-10,13,16,19-21H,11-12H2,1-3H3. The van der Waals surface area contributed by atoms with E-state index in [2.05, 4.69) is 55.6 Å². The van der Waals surface area contributed by atoms with Crippen molar-refractivity contribution >= 4 is 0 Å². The van der Waals surface area contributed by atoms with Crippen molar-refractivity contribution in [1.29, 1.82) is 0 Å². The molecule has 0 amide bonds. The number of aliphatic hydroxyl groups excluding tert-OH is 1. The molecule has 0 aliphatic rings. The van der Waals surface area contributed by atoms with Gasteiger partial charge in [0, 0.05) is 6.04 Å². The summed E-state index contributed by atoms with van der Waals surface area (Å²) in [7, 11) is 0. The number of nitrogens with one attached hydrogen (secondary N) is 1. The molecule has 2 aromatic carbocycles. The molecule has 2 rings (SSSR count). The van der Waals surface area contributed by atoms with Gasteiger partial charge in [-0.3, -0.25) is 0 Å². The molecule has 2 unspecified atom stereocenters. The predicted molar refractivity (Wildman–Crippen MR) is 88.5 cm³/mol. The topological polar surface area (TPSA) is 32.3 Å². The molecule has 0 heterocycles. The molecule has 0 aliphatic carbocycles. The fraction of sp³-hybridized carbons (Fsp3) is 0.368. The second-order valence-electron chi connectivity index (χ2n) is 5.77. The van der Waals surface area contributed by atoms with Gasteiger partial charge in [0.2, 0.25) is 0 Å². The molecule has 0 spiro atoms. The maximum atomic E-state index is 10.4. The lowest BCUT2D eigenvalue weighted by Gasteiger charge is -2.21. The summed E-state index contributed by atoms with van der Waals surface area (Å²) in [6.07, 6.45) is 0.505. The van der Waals surface area contributed by atoms with Crippen LogP contribution in [0.3, 0.4) is 0 Å². The van der Waals surface area contributed by atoms with Gasteiger partial charge in [-0.1, -0.05) is 48.5 Å². The Hall–Kier alpha value is -1.64. The first-order valence-electron chi connectivity index (χ1n) is 7.60. The third-order valence-electron chi connectivity index (χ3n) is 4.07. The van der Waals surface area contributed by atoms with Crippen molar-refractivity contribution < 1.29 is 5.11 Å². The molecule has 2 aromatic rings. The molecule has 0 saturated carbocycles. The molecule has 112 valence electrons. The summed E-state index contributed by atoms with van der Waals surface area (Å²) < 4.78 is 0. The molecule has 0 saturated heterocycles. The molecular weight excluding hydrogens is 258 g/mol. The second kappa shape index (κ2) is 7.39. The minimum atomic E-state index is -0.472. The van der Waals surface area contributed by atoms with Gasteiger partial charge < -0.3 is 10.4 Å². The minimum absolute atomic E-state index is 0.0378. The van der Waals surface area contributed by atoms with Gasteiger partial charge in [0.15, 0.2) is 0 Å². The van der Waals surface area contributed by atoms with Crippen LogP contribution in [0, 0.1) is 13.8 Å². The number of aliphatic hydroxyl groups is 1. The Morgan fingerprint density at radius 1 is 1.00 bits per heavy atom. The van der Waals surface area contributed by atoms with Crippen molar-refractivity contribution in [2.45, 2.75) is 39.3 Å². The molecule has 2 heteroatoms. The van der Waals surface area contributed by atoms with Crippen molar-refractivity contribution in [2.75, 3.05) is 6.54 Å². The highest BCUT2D eigenvalue weighted by Crippen LogP contribution is 2.19. The van der Waals surface area contributed by atoms with Crippen LogP contribution < -0.4 is 5.32 Å². The quantitative estimate of drug-likeness (QED) is 0.849. The highest BCUT2D eigenvalue weighted by Gasteiger charge is 2.16. The lowest BCUT2D eigenvalue weighted by atomic mass is 9.99. The number of hydrogen-bond donors (Lipinski definition) is 2. The van der Waals surface area contributed by atoms with Gasteiger partial charge in [0.25, 0.3) is 0 Å². The summed E-state index contributed by atoms with van der Waals surface area (Å²) in [6, 6.07) is 16.6. The van der Waals surface area contributed by atoms with E-state index in [0.717, 1.165) is 18.5 Å². The smallest absolute Gasteiger partial charge is 0.0940 e. The molecule has 0 aliphatic heterocycles. The zero-order valence-electron chi connectivity index (χ0n) is 13.1. The summed E-state index contributed by atoms with van der Waals surface area (Å²) in [4.78, 5) is 0. The van der Waals surface area contributed by atoms with E-state index in [1.807, 2.05) is 19.1 Å². The van der Waals surface area contributed by atoms with Crippen molar-refractivity contribution in [2.24, 2.45) is 0 Å². The molecular formula is C19H25NO. The molecule has 2 atom stereocenters. The van der Waals surface area contributed by atoms with Crippen LogP contribution in [0.5, 0.6) is 0 Å². The maximum Gasteiger partial charge on any atom is 0.0940 e. The largest absolute Gasteiger partial charge is 0.387 e. The van der Waals surface area contributed by atoms with E-state index in [4.69, 9.17) is 0 Å². The third-order valence-corrected chi connectivity index (χ3v) is 4.07. The van der Waals surface area contributed by atoms with Crippen LogP contribution in [-0.2, 0) is 6.42 Å². The Kier molecular flexibility index (Phi) is 5.54. The average molecular weight is 283 g/mol. The van der Waals surface area contributed by atoms with Gasteiger partial charge in [-0.25, -0.2) is 0 Å². The SMILES string of the molecule is Cc1ccc(C(O)C(C)NCCc2ccccc2)cc1C. The predicted octanol–water partition coefficient (Wildman–Crippen LogP) is 3.56. The number of aryl methyl sites for hydroxylation is 2. The van der Waals surface area contributed by atoms with E-state index in [1.165, 1.54) is 16.7 Å². The average Bonchev–Trinajstić information content (AvgIpc) is 2.50. The summed E-state index contributed by atoms with van der Waals surface area (Å²) in [5, 5.41) is 13.9. The zero-order valence-corrected chi connectivity index (χ0v) is 13.1. The van der Waals surface area contributed by atoms with Gasteiger partial charge in [-0.05, 0) is 56.0 Å². The van der Waals surface area contributed by atoms with Crippen LogP contribution >= 0.6 is 0 Å². The highest BCUT2D eigenvalue weighted by molar-refractivity contribution is 5.31. The van der Waals surface area contributed by atoms with Crippen LogP contribution in [-0.4, -0.2) is 17.7 Å². The fourth-order valence-corrected chi connectivity index (χ4v) is 2.44. The highest BCUT2D eigenvalue weighted by atomic mass is 16.3. The minimum Gasteiger partial charge on any atom is -0.387 e. The number of rotatable bonds is 6. The van der Waals surface area contributed by atoms with Crippen molar-refractivity contribution in [3.63, 3.8) is 0 Å². The molecule has 0 radical (unpaired) electrons. The molecule has 2 N–H and O–H groups in total. The van der Waals surface area contributed by atoms with Crippen LogP contribution in [0.25, 0.3) is 0 Å². The van der Waals surface area contributed by atoms with E-state index in [1.54, 1.807) is 0 Å². The monoisotopic (exact) mass is 283 g/mol. The summed E-state index contributed by atoms with van der Waals surface area (Å²) in [5.41, 5.74) is 4.79. The first-order valence-corrected chi connectivity index (χ1v) is 7.60. The van der Waals surface area contributed by atoms with E-state index in [9.17, 15) is 5.11 Å². The first kappa shape index (κ1) is 15.7. The molecule has 0 bridgehead atoms. The van der Waals surface area contributed by atoms with Crippen LogP contribution in [0.2, 0.25) is 0 Å². The van der Waals surface area contributed by atoms with E-state index in [0.29, 0.717) is 0 Å². The molecule has 0 aromatic heterocycles. The van der Waals surface area contributed by atoms with Gasteiger partial charge in [0.1, 0.15) is 0 Å². The van der Waals surface area contributed by atoms with Crippen molar-refractivity contribution in [1.82, 2.24) is 5.32 Å².